The molecule has 3 N–H and O–H groups in total. The standard InChI is InChI=1S/C6H14O7P2/c7-14(8,9)5-15(10,11)13-4-6-2-1-3-12-6/h6H,1-5H2,(H,10,11)(H2,7,8,9)/t6-/m0/s1. The van der Waals surface area contributed by atoms with Crippen LogP contribution < -0.4 is 0 Å². The lowest BCUT2D eigenvalue weighted by Gasteiger charge is -2.15. The van der Waals surface area contributed by atoms with Gasteiger partial charge in [0, 0.05) is 6.61 Å². The molecule has 1 unspecified atom stereocenters. The van der Waals surface area contributed by atoms with Gasteiger partial charge < -0.3 is 23.9 Å². The van der Waals surface area contributed by atoms with Gasteiger partial charge in [0.05, 0.1) is 12.7 Å². The predicted octanol–water partition coefficient (Wildman–Crippen LogP) is 0.503. The molecule has 1 fully saturated rings. The van der Waals surface area contributed by atoms with Gasteiger partial charge in [0.25, 0.3) is 0 Å². The van der Waals surface area contributed by atoms with Gasteiger partial charge in [-0.25, -0.2) is 0 Å². The first-order valence-corrected chi connectivity index (χ1v) is 7.97. The van der Waals surface area contributed by atoms with E-state index in [-0.39, 0.29) is 12.7 Å². The molecule has 1 rings (SSSR count). The molecule has 0 aromatic heterocycles. The zero-order valence-corrected chi connectivity index (χ0v) is 9.77. The van der Waals surface area contributed by atoms with Crippen LogP contribution in [0.5, 0.6) is 0 Å². The average molecular weight is 260 g/mol. The Kier molecular flexibility index (Phi) is 4.50. The second-order valence-electron chi connectivity index (χ2n) is 3.37. The second kappa shape index (κ2) is 5.06. The van der Waals surface area contributed by atoms with Crippen molar-refractivity contribution in [2.75, 3.05) is 19.1 Å². The maximum atomic E-state index is 11.2. The van der Waals surface area contributed by atoms with Crippen LogP contribution in [-0.2, 0) is 18.4 Å². The first-order valence-electron chi connectivity index (χ1n) is 4.41. The molecule has 15 heavy (non-hydrogen) atoms. The molecule has 2 atom stereocenters. The molecule has 0 spiro atoms. The van der Waals surface area contributed by atoms with Crippen molar-refractivity contribution in [3.63, 3.8) is 0 Å². The van der Waals surface area contributed by atoms with Crippen molar-refractivity contribution in [3.05, 3.63) is 0 Å². The minimum Gasteiger partial charge on any atom is -0.376 e. The Morgan fingerprint density at radius 2 is 2.00 bits per heavy atom. The van der Waals surface area contributed by atoms with E-state index in [2.05, 4.69) is 4.52 Å². The third-order valence-electron chi connectivity index (χ3n) is 1.85. The summed E-state index contributed by atoms with van der Waals surface area (Å²) < 4.78 is 31.4. The van der Waals surface area contributed by atoms with Crippen LogP contribution in [0.4, 0.5) is 0 Å². The van der Waals surface area contributed by atoms with Gasteiger partial charge in [-0.3, -0.25) is 9.13 Å². The third kappa shape index (κ3) is 5.78. The van der Waals surface area contributed by atoms with Crippen LogP contribution in [0.15, 0.2) is 0 Å². The molecule has 1 aliphatic rings. The van der Waals surface area contributed by atoms with E-state index >= 15 is 0 Å². The Balaban J connectivity index is 2.35. The fourth-order valence-corrected chi connectivity index (χ4v) is 3.84. The van der Waals surface area contributed by atoms with Gasteiger partial charge in [0.2, 0.25) is 0 Å². The molecular weight excluding hydrogens is 246 g/mol. The fraction of sp³-hybridized carbons (Fsp3) is 1.00. The third-order valence-corrected chi connectivity index (χ3v) is 5.31. The Labute approximate surface area is 87.1 Å². The van der Waals surface area contributed by atoms with Gasteiger partial charge in [0.1, 0.15) is 0 Å². The fourth-order valence-electron chi connectivity index (χ4n) is 1.25. The van der Waals surface area contributed by atoms with E-state index in [0.717, 1.165) is 12.8 Å². The summed E-state index contributed by atoms with van der Waals surface area (Å²) in [5, 5.41) is 0. The first-order chi connectivity index (χ1) is 6.79. The Morgan fingerprint density at radius 1 is 1.33 bits per heavy atom. The summed E-state index contributed by atoms with van der Waals surface area (Å²) in [6, 6.07) is 0. The molecule has 0 aromatic rings. The van der Waals surface area contributed by atoms with Gasteiger partial charge in [-0.15, -0.1) is 0 Å². The van der Waals surface area contributed by atoms with Crippen LogP contribution in [-0.4, -0.2) is 39.9 Å². The molecule has 1 heterocycles. The molecule has 1 saturated heterocycles. The van der Waals surface area contributed by atoms with Crippen LogP contribution in [0.1, 0.15) is 12.8 Å². The Bertz CT molecular complexity index is 292. The van der Waals surface area contributed by atoms with Crippen LogP contribution in [0.2, 0.25) is 0 Å². The molecule has 90 valence electrons. The summed E-state index contributed by atoms with van der Waals surface area (Å²) >= 11 is 0. The maximum Gasteiger partial charge on any atom is 0.340 e. The van der Waals surface area contributed by atoms with Crippen molar-refractivity contribution < 1.29 is 33.1 Å². The van der Waals surface area contributed by atoms with E-state index in [1.807, 2.05) is 0 Å². The zero-order valence-electron chi connectivity index (χ0n) is 7.98. The summed E-state index contributed by atoms with van der Waals surface area (Å²) in [6.07, 6.45) is 1.35. The average Bonchev–Trinajstić information content (AvgIpc) is 2.47. The molecule has 0 radical (unpaired) electrons. The topological polar surface area (TPSA) is 113 Å². The highest BCUT2D eigenvalue weighted by Crippen LogP contribution is 2.55. The largest absolute Gasteiger partial charge is 0.376 e. The monoisotopic (exact) mass is 260 g/mol. The quantitative estimate of drug-likeness (QED) is 0.617. The van der Waals surface area contributed by atoms with Crippen LogP contribution >= 0.6 is 15.2 Å². The molecule has 0 bridgehead atoms. The van der Waals surface area contributed by atoms with Crippen LogP contribution in [0.25, 0.3) is 0 Å². The molecule has 9 heteroatoms. The zero-order chi connectivity index (χ0) is 11.5. The minimum atomic E-state index is -4.53. The van der Waals surface area contributed by atoms with Gasteiger partial charge in [-0.2, -0.15) is 0 Å². The van der Waals surface area contributed by atoms with E-state index in [9.17, 15) is 9.13 Å². The van der Waals surface area contributed by atoms with Crippen molar-refractivity contribution in [3.8, 4) is 0 Å². The van der Waals surface area contributed by atoms with Crippen molar-refractivity contribution in [1.82, 2.24) is 0 Å². The van der Waals surface area contributed by atoms with E-state index < -0.39 is 21.1 Å². The van der Waals surface area contributed by atoms with Crippen LogP contribution in [0.3, 0.4) is 0 Å². The summed E-state index contributed by atoms with van der Waals surface area (Å²) in [5.41, 5.74) is 0. The minimum absolute atomic E-state index is 0.103. The van der Waals surface area contributed by atoms with Crippen LogP contribution in [0, 0.1) is 0 Å². The lowest BCUT2D eigenvalue weighted by Crippen LogP contribution is -2.13. The van der Waals surface area contributed by atoms with E-state index in [4.69, 9.17) is 19.4 Å². The lowest BCUT2D eigenvalue weighted by molar-refractivity contribution is 0.0638. The predicted molar refractivity (Wildman–Crippen MR) is 51.7 cm³/mol. The summed E-state index contributed by atoms with van der Waals surface area (Å²) in [4.78, 5) is 26.1. The summed E-state index contributed by atoms with van der Waals surface area (Å²) in [6.45, 7) is 0.482. The van der Waals surface area contributed by atoms with Crippen molar-refractivity contribution in [1.29, 1.82) is 0 Å². The number of hydrogen-bond donors (Lipinski definition) is 3. The SMILES string of the molecule is O=P(O)(O)CP(=O)(O)OC[C@@H]1CCCO1. The summed E-state index contributed by atoms with van der Waals surface area (Å²) in [7, 11) is -8.74. The number of hydrogen-bond acceptors (Lipinski definition) is 4. The molecule has 7 nitrogen and oxygen atoms in total. The second-order valence-corrected chi connectivity index (χ2v) is 7.37. The van der Waals surface area contributed by atoms with Crippen molar-refractivity contribution in [2.24, 2.45) is 0 Å². The Morgan fingerprint density at radius 3 is 2.47 bits per heavy atom. The van der Waals surface area contributed by atoms with Gasteiger partial charge in [-0.1, -0.05) is 0 Å². The van der Waals surface area contributed by atoms with Crippen molar-refractivity contribution >= 4 is 15.2 Å². The highest BCUT2D eigenvalue weighted by Gasteiger charge is 2.32. The van der Waals surface area contributed by atoms with Crippen molar-refractivity contribution in [2.45, 2.75) is 18.9 Å². The molecule has 0 amide bonds. The van der Waals surface area contributed by atoms with Gasteiger partial charge >= 0.3 is 15.2 Å². The molecule has 1 aliphatic heterocycles. The Hall–Kier alpha value is 0.260. The first kappa shape index (κ1) is 13.3. The molecule has 0 aromatic carbocycles. The highest BCUT2D eigenvalue weighted by atomic mass is 31.2. The normalized spacial score (nSPS) is 26.5. The summed E-state index contributed by atoms with van der Waals surface area (Å²) in [5.74, 6) is -1.15. The number of rotatable bonds is 5. The highest BCUT2D eigenvalue weighted by molar-refractivity contribution is 7.70. The molecular formula is C6H14O7P2. The van der Waals surface area contributed by atoms with Gasteiger partial charge in [0.15, 0.2) is 5.90 Å². The van der Waals surface area contributed by atoms with E-state index in [1.165, 1.54) is 0 Å². The lowest BCUT2D eigenvalue weighted by atomic mass is 10.2. The number of ether oxygens (including phenoxy) is 1. The molecule has 0 aliphatic carbocycles. The van der Waals surface area contributed by atoms with E-state index in [1.54, 1.807) is 0 Å². The van der Waals surface area contributed by atoms with Gasteiger partial charge in [-0.05, 0) is 12.8 Å². The molecule has 0 saturated carbocycles. The maximum absolute atomic E-state index is 11.2. The van der Waals surface area contributed by atoms with E-state index in [0.29, 0.717) is 6.61 Å². The smallest absolute Gasteiger partial charge is 0.340 e.